The predicted molar refractivity (Wildman–Crippen MR) is 101 cm³/mol. The van der Waals surface area contributed by atoms with Gasteiger partial charge in [-0.25, -0.2) is 0 Å². The molecule has 3 amide bonds. The van der Waals surface area contributed by atoms with Crippen LogP contribution < -0.4 is 16.4 Å². The van der Waals surface area contributed by atoms with Gasteiger partial charge in [-0.2, -0.15) is 0 Å². The van der Waals surface area contributed by atoms with Gasteiger partial charge >= 0.3 is 0 Å². The molecule has 0 bridgehead atoms. The van der Waals surface area contributed by atoms with E-state index >= 15 is 0 Å². The summed E-state index contributed by atoms with van der Waals surface area (Å²) < 4.78 is 0. The van der Waals surface area contributed by atoms with Gasteiger partial charge in [0.15, 0.2) is 0 Å². The van der Waals surface area contributed by atoms with E-state index in [0.717, 1.165) is 11.1 Å². The number of nitrogens with one attached hydrogen (secondary N) is 2. The lowest BCUT2D eigenvalue weighted by atomic mass is 10.0. The molecule has 0 aliphatic rings. The summed E-state index contributed by atoms with van der Waals surface area (Å²) in [5, 5.41) is 14.6. The Kier molecular flexibility index (Phi) is 6.93. The van der Waals surface area contributed by atoms with Crippen LogP contribution >= 0.6 is 0 Å². The summed E-state index contributed by atoms with van der Waals surface area (Å²) in [7, 11) is 0. The highest BCUT2D eigenvalue weighted by atomic mass is 16.3. The fourth-order valence-corrected chi connectivity index (χ4v) is 2.67. The van der Waals surface area contributed by atoms with Crippen molar-refractivity contribution < 1.29 is 19.5 Å². The van der Waals surface area contributed by atoms with E-state index in [1.54, 1.807) is 12.1 Å². The molecule has 5 N–H and O–H groups in total. The van der Waals surface area contributed by atoms with Crippen LogP contribution in [0.25, 0.3) is 0 Å². The van der Waals surface area contributed by atoms with E-state index in [1.165, 1.54) is 19.1 Å². The minimum absolute atomic E-state index is 0.104. The number of primary amides is 1. The highest BCUT2D eigenvalue weighted by Crippen LogP contribution is 2.12. The first-order valence-electron chi connectivity index (χ1n) is 8.54. The molecule has 0 unspecified atom stereocenters. The predicted octanol–water partition coefficient (Wildman–Crippen LogP) is 0.652. The second kappa shape index (κ2) is 9.38. The summed E-state index contributed by atoms with van der Waals surface area (Å²) in [4.78, 5) is 35.9. The summed E-state index contributed by atoms with van der Waals surface area (Å²) in [5.74, 6) is -1.42. The molecule has 2 aromatic carbocycles. The van der Waals surface area contributed by atoms with Crippen molar-refractivity contribution in [3.63, 3.8) is 0 Å². The summed E-state index contributed by atoms with van der Waals surface area (Å²) >= 11 is 0. The van der Waals surface area contributed by atoms with Crippen molar-refractivity contribution >= 4 is 17.7 Å². The number of hydrogen-bond donors (Lipinski definition) is 4. The summed E-state index contributed by atoms with van der Waals surface area (Å²) in [5.41, 5.74) is 7.03. The second-order valence-corrected chi connectivity index (χ2v) is 6.28. The number of nitrogens with two attached hydrogens (primary N) is 1. The quantitative estimate of drug-likeness (QED) is 0.546. The maximum absolute atomic E-state index is 12.7. The lowest BCUT2D eigenvalue weighted by Gasteiger charge is -2.22. The molecule has 0 fully saturated rings. The van der Waals surface area contributed by atoms with E-state index in [9.17, 15) is 19.5 Å². The molecule has 0 saturated carbocycles. The van der Waals surface area contributed by atoms with Gasteiger partial charge in [-0.1, -0.05) is 42.5 Å². The molecule has 7 nitrogen and oxygen atoms in total. The standard InChI is InChI=1S/C20H23N3O4/c1-13(24)22-18(12-14-5-3-2-4-6-14)20(27)23-17(19(21)26)11-15-7-9-16(25)10-8-15/h2-10,17-18,25H,11-12H2,1H3,(H2,21,26)(H,22,24)(H,23,27)/t17-,18-/m0/s1. The van der Waals surface area contributed by atoms with Crippen molar-refractivity contribution in [2.75, 3.05) is 0 Å². The van der Waals surface area contributed by atoms with E-state index < -0.39 is 23.9 Å². The third-order valence-electron chi connectivity index (χ3n) is 4.01. The van der Waals surface area contributed by atoms with Crippen LogP contribution in [-0.4, -0.2) is 34.9 Å². The third-order valence-corrected chi connectivity index (χ3v) is 4.01. The number of carbonyl (C=O) groups is 3. The zero-order valence-corrected chi connectivity index (χ0v) is 15.0. The number of phenolic OH excluding ortho intramolecular Hbond substituents is 1. The Morgan fingerprint density at radius 1 is 0.889 bits per heavy atom. The number of rotatable bonds is 8. The number of aromatic hydroxyl groups is 1. The van der Waals surface area contributed by atoms with Crippen LogP contribution in [-0.2, 0) is 27.2 Å². The third kappa shape index (κ3) is 6.47. The summed E-state index contributed by atoms with van der Waals surface area (Å²) in [6.07, 6.45) is 0.469. The molecule has 0 aromatic heterocycles. The molecule has 0 saturated heterocycles. The van der Waals surface area contributed by atoms with Crippen LogP contribution in [0.1, 0.15) is 18.1 Å². The first kappa shape index (κ1) is 20.0. The molecular weight excluding hydrogens is 346 g/mol. The fourth-order valence-electron chi connectivity index (χ4n) is 2.67. The zero-order chi connectivity index (χ0) is 19.8. The molecule has 27 heavy (non-hydrogen) atoms. The monoisotopic (exact) mass is 369 g/mol. The highest BCUT2D eigenvalue weighted by molar-refractivity contribution is 5.91. The van der Waals surface area contributed by atoms with E-state index in [4.69, 9.17) is 5.73 Å². The lowest BCUT2D eigenvalue weighted by Crippen LogP contribution is -2.54. The van der Waals surface area contributed by atoms with Crippen molar-refractivity contribution in [3.8, 4) is 5.75 Å². The minimum atomic E-state index is -0.936. The van der Waals surface area contributed by atoms with Gasteiger partial charge in [-0.05, 0) is 23.3 Å². The van der Waals surface area contributed by atoms with Crippen LogP contribution in [0, 0.1) is 0 Å². The SMILES string of the molecule is CC(=O)N[C@@H](Cc1ccccc1)C(=O)N[C@@H](Cc1ccc(O)cc1)C(N)=O. The molecule has 0 aliphatic heterocycles. The van der Waals surface area contributed by atoms with Gasteiger partial charge in [0, 0.05) is 19.8 Å². The molecule has 0 heterocycles. The first-order valence-corrected chi connectivity index (χ1v) is 8.54. The van der Waals surface area contributed by atoms with E-state index in [2.05, 4.69) is 10.6 Å². The molecule has 2 atom stereocenters. The molecule has 2 aromatic rings. The van der Waals surface area contributed by atoms with Gasteiger partial charge in [0.2, 0.25) is 17.7 Å². The Labute approximate surface area is 157 Å². The van der Waals surface area contributed by atoms with Crippen LogP contribution in [0.15, 0.2) is 54.6 Å². The van der Waals surface area contributed by atoms with Gasteiger partial charge in [0.1, 0.15) is 17.8 Å². The van der Waals surface area contributed by atoms with Crippen molar-refractivity contribution in [3.05, 3.63) is 65.7 Å². The van der Waals surface area contributed by atoms with Crippen molar-refractivity contribution in [2.24, 2.45) is 5.73 Å². The lowest BCUT2D eigenvalue weighted by molar-refractivity contribution is -0.130. The van der Waals surface area contributed by atoms with Crippen LogP contribution in [0.4, 0.5) is 0 Å². The average Bonchev–Trinajstić information content (AvgIpc) is 2.62. The normalized spacial score (nSPS) is 12.6. The number of phenols is 1. The second-order valence-electron chi connectivity index (χ2n) is 6.28. The summed E-state index contributed by atoms with van der Waals surface area (Å²) in [6, 6.07) is 13.8. The molecule has 2 rings (SSSR count). The maximum atomic E-state index is 12.7. The van der Waals surface area contributed by atoms with Gasteiger partial charge in [0.05, 0.1) is 0 Å². The van der Waals surface area contributed by atoms with Crippen LogP contribution in [0.5, 0.6) is 5.75 Å². The molecule has 0 radical (unpaired) electrons. The Bertz CT molecular complexity index is 791. The number of benzene rings is 2. The smallest absolute Gasteiger partial charge is 0.243 e. The van der Waals surface area contributed by atoms with Gasteiger partial charge in [-0.3, -0.25) is 14.4 Å². The number of hydrogen-bond acceptors (Lipinski definition) is 4. The highest BCUT2D eigenvalue weighted by Gasteiger charge is 2.25. The van der Waals surface area contributed by atoms with Crippen molar-refractivity contribution in [2.45, 2.75) is 31.8 Å². The van der Waals surface area contributed by atoms with Gasteiger partial charge < -0.3 is 21.5 Å². The topological polar surface area (TPSA) is 122 Å². The minimum Gasteiger partial charge on any atom is -0.508 e. The Morgan fingerprint density at radius 3 is 2.00 bits per heavy atom. The van der Waals surface area contributed by atoms with Crippen molar-refractivity contribution in [1.82, 2.24) is 10.6 Å². The van der Waals surface area contributed by atoms with E-state index in [-0.39, 0.29) is 24.5 Å². The molecule has 7 heteroatoms. The Hall–Kier alpha value is -3.35. The van der Waals surface area contributed by atoms with E-state index in [1.807, 2.05) is 30.3 Å². The zero-order valence-electron chi connectivity index (χ0n) is 15.0. The fraction of sp³-hybridized carbons (Fsp3) is 0.250. The van der Waals surface area contributed by atoms with Crippen LogP contribution in [0.3, 0.4) is 0 Å². The Morgan fingerprint density at radius 2 is 1.44 bits per heavy atom. The number of carbonyl (C=O) groups excluding carboxylic acids is 3. The molecule has 0 aliphatic carbocycles. The first-order chi connectivity index (χ1) is 12.8. The van der Waals surface area contributed by atoms with E-state index in [0.29, 0.717) is 0 Å². The van der Waals surface area contributed by atoms with Gasteiger partial charge in [-0.15, -0.1) is 0 Å². The molecule has 0 spiro atoms. The van der Waals surface area contributed by atoms with Crippen molar-refractivity contribution in [1.29, 1.82) is 0 Å². The Balaban J connectivity index is 2.10. The van der Waals surface area contributed by atoms with Gasteiger partial charge in [0.25, 0.3) is 0 Å². The van der Waals surface area contributed by atoms with Crippen LogP contribution in [0.2, 0.25) is 0 Å². The summed E-state index contributed by atoms with van der Waals surface area (Å²) in [6.45, 7) is 1.33. The molecule has 142 valence electrons. The average molecular weight is 369 g/mol. The largest absolute Gasteiger partial charge is 0.508 e. The molecular formula is C20H23N3O4. The number of amides is 3. The maximum Gasteiger partial charge on any atom is 0.243 e.